The number of methoxy groups -OCH3 is 2. The quantitative estimate of drug-likeness (QED) is 0.165. The molecule has 1 N–H and O–H groups in total. The average molecular weight is 823 g/mol. The number of anilines is 1. The van der Waals surface area contributed by atoms with E-state index < -0.39 is 6.04 Å². The maximum atomic E-state index is 14.2. The first kappa shape index (κ1) is 32.7. The molecular weight excluding hydrogens is 793 g/mol. The van der Waals surface area contributed by atoms with Crippen LogP contribution < -0.4 is 34.4 Å². The molecule has 0 spiro atoms. The fraction of sp³-hybridized carbons (Fsp3) is 0.139. The molecule has 8 nitrogen and oxygen atoms in total. The molecule has 1 atom stereocenters. The fourth-order valence-electron chi connectivity index (χ4n) is 5.31. The number of thiazole rings is 1. The van der Waals surface area contributed by atoms with E-state index in [2.05, 4.69) is 43.8 Å². The summed E-state index contributed by atoms with van der Waals surface area (Å²) in [5, 5.41) is 2.98. The summed E-state index contributed by atoms with van der Waals surface area (Å²) in [5.41, 5.74) is 3.81. The fourth-order valence-corrected chi connectivity index (χ4v) is 7.40. The van der Waals surface area contributed by atoms with Gasteiger partial charge in [0, 0.05) is 10.2 Å². The number of aromatic nitrogens is 1. The van der Waals surface area contributed by atoms with Gasteiger partial charge in [-0.3, -0.25) is 14.2 Å². The molecule has 1 aromatic heterocycles. The van der Waals surface area contributed by atoms with Gasteiger partial charge in [0.15, 0.2) is 16.3 Å². The van der Waals surface area contributed by atoms with Crippen LogP contribution in [0, 0.1) is 3.57 Å². The van der Waals surface area contributed by atoms with Crippen molar-refractivity contribution in [2.24, 2.45) is 4.99 Å². The van der Waals surface area contributed by atoms with E-state index in [1.807, 2.05) is 97.1 Å². The summed E-state index contributed by atoms with van der Waals surface area (Å²) in [5.74, 6) is 1.46. The van der Waals surface area contributed by atoms with Gasteiger partial charge in [-0.25, -0.2) is 4.99 Å². The second kappa shape index (κ2) is 14.3. The number of ether oxygens (including phenoxy) is 3. The van der Waals surface area contributed by atoms with E-state index in [0.717, 1.165) is 24.7 Å². The molecule has 4 aromatic carbocycles. The molecule has 238 valence electrons. The van der Waals surface area contributed by atoms with Crippen molar-refractivity contribution < 1.29 is 19.0 Å². The second-order valence-corrected chi connectivity index (χ2v) is 13.7. The number of carbonyl (C=O) groups is 1. The standard InChI is InChI=1S/C36H29BrIN3O5S/c1-21-31(34(42)40-26-9-5-4-6-10-26)32(24-8-7-11-27(19-24)44-2)41-35(43)30(47-36(41)39-21)18-23-16-28(38)33(29(17-23)45-3)46-20-22-12-14-25(37)15-13-22/h4-19,32H,20H2,1-3H3,(H,40,42)/b30-18-/t32-/m0/s1. The van der Waals surface area contributed by atoms with Crippen LogP contribution in [0.5, 0.6) is 17.2 Å². The van der Waals surface area contributed by atoms with Crippen molar-refractivity contribution in [1.29, 1.82) is 0 Å². The summed E-state index contributed by atoms with van der Waals surface area (Å²) in [6, 6.07) is 27.6. The summed E-state index contributed by atoms with van der Waals surface area (Å²) in [4.78, 5) is 33.3. The molecule has 0 saturated carbocycles. The van der Waals surface area contributed by atoms with Crippen LogP contribution in [0.4, 0.5) is 5.69 Å². The van der Waals surface area contributed by atoms with E-state index >= 15 is 0 Å². The highest BCUT2D eigenvalue weighted by atomic mass is 127. The highest BCUT2D eigenvalue weighted by Gasteiger charge is 2.33. The SMILES string of the molecule is COc1cccc([C@H]2C(C(=O)Nc3ccccc3)=C(C)N=c3s/c(=C\c4cc(I)c(OCc5ccc(Br)cc5)c(OC)c4)c(=O)n32)c1. The Hall–Kier alpha value is -4.20. The predicted octanol–water partition coefficient (Wildman–Crippen LogP) is 6.84. The average Bonchev–Trinajstić information content (AvgIpc) is 3.37. The van der Waals surface area contributed by atoms with Crippen LogP contribution in [-0.4, -0.2) is 24.7 Å². The number of fused-ring (bicyclic) bond motifs is 1. The van der Waals surface area contributed by atoms with Gasteiger partial charge in [0.2, 0.25) is 0 Å². The Bertz CT molecular complexity index is 2180. The number of allylic oxidation sites excluding steroid dienone is 1. The smallest absolute Gasteiger partial charge is 0.271 e. The van der Waals surface area contributed by atoms with Crippen LogP contribution in [0.15, 0.2) is 117 Å². The monoisotopic (exact) mass is 821 g/mol. The van der Waals surface area contributed by atoms with Crippen LogP contribution >= 0.6 is 49.9 Å². The predicted molar refractivity (Wildman–Crippen MR) is 196 cm³/mol. The van der Waals surface area contributed by atoms with Gasteiger partial charge in [-0.05, 0) is 101 Å². The molecule has 6 rings (SSSR count). The van der Waals surface area contributed by atoms with E-state index in [0.29, 0.717) is 50.1 Å². The summed E-state index contributed by atoms with van der Waals surface area (Å²) >= 11 is 6.95. The van der Waals surface area contributed by atoms with Crippen LogP contribution in [0.3, 0.4) is 0 Å². The summed E-state index contributed by atoms with van der Waals surface area (Å²) in [7, 11) is 3.18. The lowest BCUT2D eigenvalue weighted by Crippen LogP contribution is -2.40. The number of carbonyl (C=O) groups excluding carboxylic acids is 1. The van der Waals surface area contributed by atoms with Gasteiger partial charge in [0.1, 0.15) is 12.4 Å². The van der Waals surface area contributed by atoms with Crippen molar-refractivity contribution >= 4 is 67.5 Å². The number of hydrogen-bond acceptors (Lipinski definition) is 7. The van der Waals surface area contributed by atoms with Crippen LogP contribution in [0.2, 0.25) is 0 Å². The van der Waals surface area contributed by atoms with Crippen molar-refractivity contribution in [3.8, 4) is 17.2 Å². The van der Waals surface area contributed by atoms with Gasteiger partial charge < -0.3 is 19.5 Å². The Morgan fingerprint density at radius 2 is 1.79 bits per heavy atom. The Labute approximate surface area is 297 Å². The molecule has 1 aliphatic rings. The molecule has 5 aromatic rings. The first-order valence-corrected chi connectivity index (χ1v) is 17.2. The van der Waals surface area contributed by atoms with E-state index in [9.17, 15) is 9.59 Å². The van der Waals surface area contributed by atoms with Gasteiger partial charge >= 0.3 is 0 Å². The lowest BCUT2D eigenvalue weighted by Gasteiger charge is -2.25. The number of hydrogen-bond donors (Lipinski definition) is 1. The lowest BCUT2D eigenvalue weighted by atomic mass is 9.95. The topological polar surface area (TPSA) is 91.2 Å². The number of halogens is 2. The summed E-state index contributed by atoms with van der Waals surface area (Å²) < 4.78 is 21.3. The van der Waals surface area contributed by atoms with Crippen LogP contribution in [-0.2, 0) is 11.4 Å². The van der Waals surface area contributed by atoms with Gasteiger partial charge in [-0.2, -0.15) is 0 Å². The molecule has 0 fully saturated rings. The van der Waals surface area contributed by atoms with E-state index in [-0.39, 0.29) is 11.5 Å². The summed E-state index contributed by atoms with van der Waals surface area (Å²) in [6.45, 7) is 2.17. The van der Waals surface area contributed by atoms with Crippen molar-refractivity contribution in [1.82, 2.24) is 4.57 Å². The Balaban J connectivity index is 1.41. The normalized spacial score (nSPS) is 14.3. The number of benzene rings is 4. The molecule has 11 heteroatoms. The highest BCUT2D eigenvalue weighted by Crippen LogP contribution is 2.35. The van der Waals surface area contributed by atoms with Gasteiger partial charge in [-0.1, -0.05) is 69.7 Å². The maximum Gasteiger partial charge on any atom is 0.271 e. The minimum Gasteiger partial charge on any atom is -0.497 e. The highest BCUT2D eigenvalue weighted by molar-refractivity contribution is 14.1. The van der Waals surface area contributed by atoms with Crippen molar-refractivity contribution in [2.45, 2.75) is 19.6 Å². The largest absolute Gasteiger partial charge is 0.497 e. The summed E-state index contributed by atoms with van der Waals surface area (Å²) in [6.07, 6.45) is 1.82. The number of nitrogens with one attached hydrogen (secondary N) is 1. The molecule has 0 aliphatic carbocycles. The lowest BCUT2D eigenvalue weighted by molar-refractivity contribution is -0.113. The third-order valence-electron chi connectivity index (χ3n) is 7.55. The number of amides is 1. The van der Waals surface area contributed by atoms with Crippen molar-refractivity contribution in [3.05, 3.63) is 147 Å². The first-order chi connectivity index (χ1) is 22.7. The first-order valence-electron chi connectivity index (χ1n) is 14.5. The second-order valence-electron chi connectivity index (χ2n) is 10.6. The van der Waals surface area contributed by atoms with E-state index in [4.69, 9.17) is 19.2 Å². The van der Waals surface area contributed by atoms with Crippen LogP contribution in [0.25, 0.3) is 6.08 Å². The zero-order valence-corrected chi connectivity index (χ0v) is 30.2. The zero-order valence-electron chi connectivity index (χ0n) is 25.6. The minimum atomic E-state index is -0.726. The van der Waals surface area contributed by atoms with E-state index in [1.54, 1.807) is 25.7 Å². The maximum absolute atomic E-state index is 14.2. The van der Waals surface area contributed by atoms with Gasteiger partial charge in [0.25, 0.3) is 11.5 Å². The number of nitrogens with zero attached hydrogens (tertiary/aromatic N) is 2. The third-order valence-corrected chi connectivity index (χ3v) is 9.87. The van der Waals surface area contributed by atoms with Crippen LogP contribution in [0.1, 0.15) is 29.7 Å². The molecule has 0 saturated heterocycles. The number of para-hydroxylation sites is 1. The van der Waals surface area contributed by atoms with Gasteiger partial charge in [0.05, 0.1) is 39.6 Å². The Morgan fingerprint density at radius 3 is 2.51 bits per heavy atom. The molecule has 2 heterocycles. The molecule has 0 radical (unpaired) electrons. The van der Waals surface area contributed by atoms with Crippen molar-refractivity contribution in [2.75, 3.05) is 19.5 Å². The molecule has 0 unspecified atom stereocenters. The zero-order chi connectivity index (χ0) is 33.1. The number of rotatable bonds is 9. The molecular formula is C36H29BrIN3O5S. The molecule has 47 heavy (non-hydrogen) atoms. The van der Waals surface area contributed by atoms with Gasteiger partial charge in [-0.15, -0.1) is 0 Å². The Kier molecular flexibility index (Phi) is 9.95. The molecule has 1 amide bonds. The molecule has 1 aliphatic heterocycles. The minimum absolute atomic E-state index is 0.261. The Morgan fingerprint density at radius 1 is 1.02 bits per heavy atom. The van der Waals surface area contributed by atoms with Crippen molar-refractivity contribution in [3.63, 3.8) is 0 Å². The molecule has 0 bridgehead atoms. The third kappa shape index (κ3) is 7.07. The van der Waals surface area contributed by atoms with E-state index in [1.165, 1.54) is 11.3 Å².